The van der Waals surface area contributed by atoms with Crippen LogP contribution < -0.4 is 5.32 Å². The van der Waals surface area contributed by atoms with Crippen molar-refractivity contribution in [3.05, 3.63) is 0 Å². The first-order chi connectivity index (χ1) is 24.2. The third kappa shape index (κ3) is 20.6. The second-order valence-corrected chi connectivity index (χ2v) is 14.5. The zero-order valence-corrected chi connectivity index (χ0v) is 31.8. The molecule has 0 aromatic carbocycles. The molecule has 0 unspecified atom stereocenters. The van der Waals surface area contributed by atoms with Crippen molar-refractivity contribution >= 4 is 11.9 Å². The molecule has 6 N–H and O–H groups in total. The standard InChI is InChI=1S/C39H75NO10/c1-4-6-8-10-12-14-16-17-18-20-21-23-25-27-31(41)30(29-49-39-35(45)33(43)34(44)36(50-39)38(47)48-3)40-37(46)32(42)28-26-24-22-19-15-13-11-9-7-5-2/h30-36,39,41-45H,4-29H2,1-3H3,(H,40,46)/t30-,31+,32+,33-,34-,35+,36-,39-/m0/s1. The summed E-state index contributed by atoms with van der Waals surface area (Å²) in [5.74, 6) is -1.56. The van der Waals surface area contributed by atoms with Crippen molar-refractivity contribution in [1.29, 1.82) is 0 Å². The Morgan fingerprint density at radius 2 is 1.04 bits per heavy atom. The molecule has 50 heavy (non-hydrogen) atoms. The van der Waals surface area contributed by atoms with Crippen molar-refractivity contribution in [3.8, 4) is 0 Å². The summed E-state index contributed by atoms with van der Waals surface area (Å²) >= 11 is 0. The summed E-state index contributed by atoms with van der Waals surface area (Å²) in [5.41, 5.74) is 0. The van der Waals surface area contributed by atoms with Gasteiger partial charge < -0.3 is 45.1 Å². The van der Waals surface area contributed by atoms with Crippen LogP contribution in [0.25, 0.3) is 0 Å². The van der Waals surface area contributed by atoms with E-state index in [1.165, 1.54) is 96.3 Å². The fourth-order valence-electron chi connectivity index (χ4n) is 6.55. The van der Waals surface area contributed by atoms with E-state index in [4.69, 9.17) is 9.47 Å². The molecular weight excluding hydrogens is 642 g/mol. The van der Waals surface area contributed by atoms with Gasteiger partial charge in [0.2, 0.25) is 5.91 Å². The first kappa shape index (κ1) is 46.7. The minimum absolute atomic E-state index is 0.306. The first-order valence-corrected chi connectivity index (χ1v) is 20.2. The summed E-state index contributed by atoms with van der Waals surface area (Å²) in [5, 5.41) is 55.3. The van der Waals surface area contributed by atoms with Crippen molar-refractivity contribution in [2.24, 2.45) is 0 Å². The molecule has 11 nitrogen and oxygen atoms in total. The highest BCUT2D eigenvalue weighted by atomic mass is 16.7. The Balaban J connectivity index is 2.57. The number of esters is 1. The van der Waals surface area contributed by atoms with Gasteiger partial charge in [-0.15, -0.1) is 0 Å². The highest BCUT2D eigenvalue weighted by molar-refractivity contribution is 5.80. The third-order valence-electron chi connectivity index (χ3n) is 9.97. The van der Waals surface area contributed by atoms with Crippen LogP contribution >= 0.6 is 0 Å². The van der Waals surface area contributed by atoms with E-state index in [0.29, 0.717) is 19.3 Å². The lowest BCUT2D eigenvalue weighted by Gasteiger charge is -2.39. The summed E-state index contributed by atoms with van der Waals surface area (Å²) in [6.45, 7) is 4.13. The molecule has 0 aromatic heterocycles. The van der Waals surface area contributed by atoms with E-state index in [1.807, 2.05) is 0 Å². The zero-order chi connectivity index (χ0) is 37.0. The number of aliphatic hydroxyl groups is 5. The quantitative estimate of drug-likeness (QED) is 0.0359. The van der Waals surface area contributed by atoms with Crippen molar-refractivity contribution in [2.45, 2.75) is 223 Å². The number of carbonyl (C=O) groups is 2. The van der Waals surface area contributed by atoms with Gasteiger partial charge in [0.25, 0.3) is 0 Å². The average Bonchev–Trinajstić information content (AvgIpc) is 3.11. The van der Waals surface area contributed by atoms with Gasteiger partial charge in [-0.2, -0.15) is 0 Å². The number of hydrogen-bond acceptors (Lipinski definition) is 10. The molecule has 1 amide bonds. The van der Waals surface area contributed by atoms with E-state index in [0.717, 1.165) is 52.1 Å². The molecule has 1 aliphatic rings. The molecule has 11 heteroatoms. The molecule has 0 spiro atoms. The topological polar surface area (TPSA) is 175 Å². The van der Waals surface area contributed by atoms with Gasteiger partial charge in [0.05, 0.1) is 25.9 Å². The largest absolute Gasteiger partial charge is 0.467 e. The van der Waals surface area contributed by atoms with Gasteiger partial charge in [0, 0.05) is 0 Å². The SMILES string of the molecule is CCCCCCCCCCCCCCC[C@@H](O)[C@H](CO[C@H]1O[C@H](C(=O)OC)[C@@H](O)[C@H](O)[C@H]1O)NC(=O)[C@H](O)CCCCCCCCCCCC. The second-order valence-electron chi connectivity index (χ2n) is 14.5. The van der Waals surface area contributed by atoms with Crippen LogP contribution in [0.1, 0.15) is 174 Å². The Labute approximate surface area is 303 Å². The van der Waals surface area contributed by atoms with Crippen LogP contribution in [-0.2, 0) is 23.8 Å². The summed E-state index contributed by atoms with van der Waals surface area (Å²) in [4.78, 5) is 25.1. The molecule has 0 bridgehead atoms. The molecule has 296 valence electrons. The van der Waals surface area contributed by atoms with Gasteiger partial charge in [-0.1, -0.05) is 162 Å². The van der Waals surface area contributed by atoms with Crippen molar-refractivity contribution in [2.75, 3.05) is 13.7 Å². The van der Waals surface area contributed by atoms with Gasteiger partial charge in [0.15, 0.2) is 12.4 Å². The summed E-state index contributed by atoms with van der Waals surface area (Å²) < 4.78 is 15.7. The fourth-order valence-corrected chi connectivity index (χ4v) is 6.55. The maximum absolute atomic E-state index is 13.0. The van der Waals surface area contributed by atoms with Crippen LogP contribution in [0.2, 0.25) is 0 Å². The maximum atomic E-state index is 13.0. The summed E-state index contributed by atoms with van der Waals surface area (Å²) in [6.07, 6.45) is 17.2. The number of ether oxygens (including phenoxy) is 3. The minimum Gasteiger partial charge on any atom is -0.467 e. The number of rotatable bonds is 32. The number of nitrogens with one attached hydrogen (secondary N) is 1. The smallest absolute Gasteiger partial charge is 0.337 e. The number of hydrogen-bond donors (Lipinski definition) is 6. The Morgan fingerprint density at radius 1 is 0.620 bits per heavy atom. The lowest BCUT2D eigenvalue weighted by molar-refractivity contribution is -0.296. The predicted octanol–water partition coefficient (Wildman–Crippen LogP) is 5.98. The highest BCUT2D eigenvalue weighted by Crippen LogP contribution is 2.24. The van der Waals surface area contributed by atoms with E-state index in [-0.39, 0.29) is 6.61 Å². The molecule has 1 fully saturated rings. The normalized spacial score (nSPS) is 22.6. The first-order valence-electron chi connectivity index (χ1n) is 20.2. The van der Waals surface area contributed by atoms with E-state index in [1.54, 1.807) is 0 Å². The molecule has 1 heterocycles. The lowest BCUT2D eigenvalue weighted by atomic mass is 9.98. The van der Waals surface area contributed by atoms with Gasteiger partial charge in [-0.25, -0.2) is 4.79 Å². The molecule has 1 saturated heterocycles. The predicted molar refractivity (Wildman–Crippen MR) is 195 cm³/mol. The zero-order valence-electron chi connectivity index (χ0n) is 31.8. The monoisotopic (exact) mass is 718 g/mol. The van der Waals surface area contributed by atoms with Crippen molar-refractivity contribution in [3.63, 3.8) is 0 Å². The van der Waals surface area contributed by atoms with Gasteiger partial charge >= 0.3 is 5.97 Å². The molecule has 1 rings (SSSR count). The molecule has 0 radical (unpaired) electrons. The Kier molecular flexibility index (Phi) is 28.2. The number of amides is 1. The van der Waals surface area contributed by atoms with Crippen LogP contribution in [0, 0.1) is 0 Å². The summed E-state index contributed by atoms with van der Waals surface area (Å²) in [6, 6.07) is -0.946. The summed E-state index contributed by atoms with van der Waals surface area (Å²) in [7, 11) is 1.10. The van der Waals surface area contributed by atoms with E-state index >= 15 is 0 Å². The molecule has 1 aliphatic heterocycles. The third-order valence-corrected chi connectivity index (χ3v) is 9.97. The van der Waals surface area contributed by atoms with E-state index in [2.05, 4.69) is 23.9 Å². The van der Waals surface area contributed by atoms with E-state index < -0.39 is 60.8 Å². The molecule has 0 saturated carbocycles. The van der Waals surface area contributed by atoms with Crippen LogP contribution in [-0.4, -0.2) is 100 Å². The minimum atomic E-state index is -1.75. The Hall–Kier alpha value is -1.34. The molecular formula is C39H75NO10. The van der Waals surface area contributed by atoms with Gasteiger partial charge in [0.1, 0.15) is 24.4 Å². The molecule has 8 atom stereocenters. The second kappa shape index (κ2) is 30.2. The fraction of sp³-hybridized carbons (Fsp3) is 0.949. The van der Waals surface area contributed by atoms with Crippen molar-refractivity contribution < 1.29 is 49.3 Å². The van der Waals surface area contributed by atoms with Crippen LogP contribution in [0.4, 0.5) is 0 Å². The van der Waals surface area contributed by atoms with Gasteiger partial charge in [-0.3, -0.25) is 4.79 Å². The van der Waals surface area contributed by atoms with Crippen LogP contribution in [0.3, 0.4) is 0 Å². The lowest BCUT2D eigenvalue weighted by Crippen LogP contribution is -2.61. The Bertz CT molecular complexity index is 833. The van der Waals surface area contributed by atoms with Gasteiger partial charge in [-0.05, 0) is 12.8 Å². The van der Waals surface area contributed by atoms with Crippen LogP contribution in [0.15, 0.2) is 0 Å². The number of unbranched alkanes of at least 4 members (excludes halogenated alkanes) is 21. The van der Waals surface area contributed by atoms with Crippen molar-refractivity contribution in [1.82, 2.24) is 5.32 Å². The van der Waals surface area contributed by atoms with Crippen LogP contribution in [0.5, 0.6) is 0 Å². The highest BCUT2D eigenvalue weighted by Gasteiger charge is 2.48. The number of methoxy groups -OCH3 is 1. The number of aliphatic hydroxyl groups excluding tert-OH is 5. The Morgan fingerprint density at radius 3 is 1.48 bits per heavy atom. The molecule has 0 aromatic rings. The van der Waals surface area contributed by atoms with E-state index in [9.17, 15) is 35.1 Å². The average molecular weight is 718 g/mol. The maximum Gasteiger partial charge on any atom is 0.337 e. The molecule has 0 aliphatic carbocycles. The number of carbonyl (C=O) groups excluding carboxylic acids is 2.